The maximum absolute atomic E-state index is 10.7. The monoisotopic (exact) mass is 255 g/mol. The second-order valence-corrected chi connectivity index (χ2v) is 3.97. The summed E-state index contributed by atoms with van der Waals surface area (Å²) in [5, 5.41) is 13.7. The Bertz CT molecular complexity index is 609. The molecule has 0 heterocycles. The van der Waals surface area contributed by atoms with E-state index in [0.717, 1.165) is 5.69 Å². The van der Waals surface area contributed by atoms with E-state index in [9.17, 15) is 10.1 Å². The summed E-state index contributed by atoms with van der Waals surface area (Å²) in [6.45, 7) is 1.81. The molecule has 0 spiro atoms. The summed E-state index contributed by atoms with van der Waals surface area (Å²) >= 11 is 0. The van der Waals surface area contributed by atoms with Gasteiger partial charge in [-0.15, -0.1) is 0 Å². The summed E-state index contributed by atoms with van der Waals surface area (Å²) in [7, 11) is 0. The Hall–Kier alpha value is -2.69. The second-order valence-electron chi connectivity index (χ2n) is 3.97. The molecule has 5 heteroatoms. The maximum atomic E-state index is 10.7. The zero-order valence-electron chi connectivity index (χ0n) is 10.4. The fraction of sp³-hybridized carbons (Fsp3) is 0.0714. The number of hydrogen-bond donors (Lipinski definition) is 1. The van der Waals surface area contributed by atoms with Crippen LogP contribution in [0.4, 0.5) is 17.1 Å². The molecular formula is C14H13N3O2. The first kappa shape index (κ1) is 12.8. The number of nitrogens with zero attached hydrogens (tertiary/aromatic N) is 2. The average Bonchev–Trinajstić information content (AvgIpc) is 2.40. The molecule has 0 aliphatic heterocycles. The SMILES string of the molecule is C/C(=N\c1ccccc1)Nc1cccc([N+](=O)[O-])c1. The van der Waals surface area contributed by atoms with Crippen LogP contribution in [0.1, 0.15) is 6.92 Å². The van der Waals surface area contributed by atoms with Crippen LogP contribution in [0, 0.1) is 10.1 Å². The van der Waals surface area contributed by atoms with Gasteiger partial charge in [-0.3, -0.25) is 10.1 Å². The normalized spacial score (nSPS) is 11.1. The summed E-state index contributed by atoms with van der Waals surface area (Å²) in [5.41, 5.74) is 1.53. The van der Waals surface area contributed by atoms with Gasteiger partial charge >= 0.3 is 0 Å². The van der Waals surface area contributed by atoms with Crippen LogP contribution in [-0.4, -0.2) is 10.8 Å². The molecule has 0 saturated heterocycles. The van der Waals surface area contributed by atoms with Gasteiger partial charge < -0.3 is 5.32 Å². The van der Waals surface area contributed by atoms with E-state index in [4.69, 9.17) is 0 Å². The molecule has 2 aromatic rings. The van der Waals surface area contributed by atoms with Gasteiger partial charge in [0.05, 0.1) is 10.6 Å². The molecule has 0 aliphatic rings. The van der Waals surface area contributed by atoms with E-state index in [1.54, 1.807) is 12.1 Å². The molecule has 0 unspecified atom stereocenters. The van der Waals surface area contributed by atoms with Crippen molar-refractivity contribution >= 4 is 22.9 Å². The van der Waals surface area contributed by atoms with Gasteiger partial charge in [-0.05, 0) is 25.1 Å². The molecule has 0 fully saturated rings. The lowest BCUT2D eigenvalue weighted by molar-refractivity contribution is -0.384. The smallest absolute Gasteiger partial charge is 0.271 e. The zero-order valence-corrected chi connectivity index (χ0v) is 10.4. The summed E-state index contributed by atoms with van der Waals surface area (Å²) in [4.78, 5) is 14.6. The standard InChI is InChI=1S/C14H13N3O2/c1-11(15-12-6-3-2-4-7-12)16-13-8-5-9-14(10-13)17(18)19/h2-10H,1H3,(H,15,16). The fourth-order valence-electron chi connectivity index (χ4n) is 1.63. The minimum atomic E-state index is -0.422. The molecule has 0 saturated carbocycles. The number of rotatable bonds is 3. The molecule has 19 heavy (non-hydrogen) atoms. The minimum absolute atomic E-state index is 0.0533. The molecule has 0 radical (unpaired) electrons. The first-order valence-electron chi connectivity index (χ1n) is 5.77. The third-order valence-electron chi connectivity index (χ3n) is 2.44. The van der Waals surface area contributed by atoms with Gasteiger partial charge in [0.15, 0.2) is 0 Å². The molecule has 1 N–H and O–H groups in total. The molecule has 96 valence electrons. The van der Waals surface area contributed by atoms with Crippen LogP contribution in [0.25, 0.3) is 0 Å². The third-order valence-corrected chi connectivity index (χ3v) is 2.44. The quantitative estimate of drug-likeness (QED) is 0.393. The highest BCUT2D eigenvalue weighted by atomic mass is 16.6. The number of nitro benzene ring substituents is 1. The van der Waals surface area contributed by atoms with Gasteiger partial charge in [-0.25, -0.2) is 4.99 Å². The van der Waals surface area contributed by atoms with Gasteiger partial charge in [0.25, 0.3) is 5.69 Å². The predicted octanol–water partition coefficient (Wildman–Crippen LogP) is 3.76. The number of benzene rings is 2. The van der Waals surface area contributed by atoms with E-state index in [1.165, 1.54) is 12.1 Å². The molecule has 5 nitrogen and oxygen atoms in total. The summed E-state index contributed by atoms with van der Waals surface area (Å²) in [6.07, 6.45) is 0. The number of hydrogen-bond acceptors (Lipinski definition) is 3. The van der Waals surface area contributed by atoms with Gasteiger partial charge in [-0.2, -0.15) is 0 Å². The van der Waals surface area contributed by atoms with E-state index >= 15 is 0 Å². The van der Waals surface area contributed by atoms with Crippen molar-refractivity contribution in [2.24, 2.45) is 4.99 Å². The van der Waals surface area contributed by atoms with Gasteiger partial charge in [-0.1, -0.05) is 24.3 Å². The second kappa shape index (κ2) is 5.77. The fourth-order valence-corrected chi connectivity index (χ4v) is 1.63. The Morgan fingerprint density at radius 3 is 2.58 bits per heavy atom. The van der Waals surface area contributed by atoms with Crippen molar-refractivity contribution in [1.29, 1.82) is 0 Å². The Kier molecular flexibility index (Phi) is 3.87. The van der Waals surface area contributed by atoms with Crippen LogP contribution in [0.2, 0.25) is 0 Å². The summed E-state index contributed by atoms with van der Waals surface area (Å²) in [6, 6.07) is 15.8. The largest absolute Gasteiger partial charge is 0.344 e. The van der Waals surface area contributed by atoms with E-state index in [1.807, 2.05) is 37.3 Å². The van der Waals surface area contributed by atoms with Crippen LogP contribution in [0.15, 0.2) is 59.6 Å². The maximum Gasteiger partial charge on any atom is 0.271 e. The lowest BCUT2D eigenvalue weighted by Gasteiger charge is -2.05. The number of nitro groups is 1. The Balaban J connectivity index is 2.15. The van der Waals surface area contributed by atoms with Crippen molar-refractivity contribution in [2.45, 2.75) is 6.92 Å². The lowest BCUT2D eigenvalue weighted by atomic mass is 10.3. The molecule has 0 aliphatic carbocycles. The predicted molar refractivity (Wildman–Crippen MR) is 75.9 cm³/mol. The Morgan fingerprint density at radius 2 is 1.89 bits per heavy atom. The molecule has 2 aromatic carbocycles. The summed E-state index contributed by atoms with van der Waals surface area (Å²) < 4.78 is 0. The van der Waals surface area contributed by atoms with E-state index in [0.29, 0.717) is 11.5 Å². The average molecular weight is 255 g/mol. The molecular weight excluding hydrogens is 242 g/mol. The minimum Gasteiger partial charge on any atom is -0.344 e. The molecule has 0 bridgehead atoms. The van der Waals surface area contributed by atoms with Crippen molar-refractivity contribution in [3.05, 3.63) is 64.7 Å². The third kappa shape index (κ3) is 3.64. The number of anilines is 1. The highest BCUT2D eigenvalue weighted by molar-refractivity contribution is 5.95. The van der Waals surface area contributed by atoms with E-state index in [2.05, 4.69) is 10.3 Å². The number of para-hydroxylation sites is 1. The molecule has 2 rings (SSSR count). The van der Waals surface area contributed by atoms with Crippen LogP contribution in [-0.2, 0) is 0 Å². The topological polar surface area (TPSA) is 67.5 Å². The van der Waals surface area contributed by atoms with E-state index in [-0.39, 0.29) is 5.69 Å². The van der Waals surface area contributed by atoms with Crippen LogP contribution in [0.3, 0.4) is 0 Å². The molecule has 0 aromatic heterocycles. The zero-order chi connectivity index (χ0) is 13.7. The van der Waals surface area contributed by atoms with Gasteiger partial charge in [0.1, 0.15) is 5.84 Å². The van der Waals surface area contributed by atoms with Crippen molar-refractivity contribution in [2.75, 3.05) is 5.32 Å². The van der Waals surface area contributed by atoms with Gasteiger partial charge in [0.2, 0.25) is 0 Å². The van der Waals surface area contributed by atoms with Crippen molar-refractivity contribution in [3.8, 4) is 0 Å². The molecule has 0 amide bonds. The Morgan fingerprint density at radius 1 is 1.16 bits per heavy atom. The number of non-ortho nitro benzene ring substituents is 1. The van der Waals surface area contributed by atoms with Crippen molar-refractivity contribution < 1.29 is 4.92 Å². The first-order valence-corrected chi connectivity index (χ1v) is 5.77. The highest BCUT2D eigenvalue weighted by Gasteiger charge is 2.05. The van der Waals surface area contributed by atoms with Crippen molar-refractivity contribution in [1.82, 2.24) is 0 Å². The number of nitrogens with one attached hydrogen (secondary N) is 1. The van der Waals surface area contributed by atoms with Crippen LogP contribution < -0.4 is 5.32 Å². The number of amidine groups is 1. The number of aliphatic imine (C=N–C) groups is 1. The molecule has 0 atom stereocenters. The van der Waals surface area contributed by atoms with Gasteiger partial charge in [0, 0.05) is 17.8 Å². The van der Waals surface area contributed by atoms with Crippen molar-refractivity contribution in [3.63, 3.8) is 0 Å². The lowest BCUT2D eigenvalue weighted by Crippen LogP contribution is -2.06. The van der Waals surface area contributed by atoms with E-state index < -0.39 is 4.92 Å². The highest BCUT2D eigenvalue weighted by Crippen LogP contribution is 2.18. The summed E-state index contributed by atoms with van der Waals surface area (Å²) in [5.74, 6) is 0.673. The van der Waals surface area contributed by atoms with Crippen LogP contribution in [0.5, 0.6) is 0 Å². The Labute approximate surface area is 110 Å². The van der Waals surface area contributed by atoms with Crippen LogP contribution >= 0.6 is 0 Å². The first-order chi connectivity index (χ1) is 9.15.